The fourth-order valence-corrected chi connectivity index (χ4v) is 1.89. The third-order valence-corrected chi connectivity index (χ3v) is 3.59. The normalized spacial score (nSPS) is 17.7. The molecule has 0 aliphatic carbocycles. The molecule has 1 heterocycles. The number of carbonyl (C=O) groups is 1. The van der Waals surface area contributed by atoms with Gasteiger partial charge in [0.1, 0.15) is 0 Å². The molecular formula is C10H20N2OS. The van der Waals surface area contributed by atoms with Crippen LogP contribution in [0.2, 0.25) is 0 Å². The quantitative estimate of drug-likeness (QED) is 0.762. The molecule has 0 saturated carbocycles. The number of amides is 1. The highest BCUT2D eigenvalue weighted by molar-refractivity contribution is 8.01. The van der Waals surface area contributed by atoms with Crippen LogP contribution in [0.4, 0.5) is 0 Å². The van der Waals surface area contributed by atoms with Crippen molar-refractivity contribution in [2.24, 2.45) is 0 Å². The Balaban J connectivity index is 2.27. The van der Waals surface area contributed by atoms with Gasteiger partial charge in [-0.25, -0.2) is 0 Å². The second-order valence-corrected chi connectivity index (χ2v) is 6.52. The Morgan fingerprint density at radius 1 is 1.50 bits per heavy atom. The lowest BCUT2D eigenvalue weighted by Gasteiger charge is -2.36. The molecule has 0 bridgehead atoms. The molecular weight excluding hydrogens is 196 g/mol. The van der Waals surface area contributed by atoms with Crippen LogP contribution in [-0.4, -0.2) is 47.5 Å². The molecule has 3 nitrogen and oxygen atoms in total. The topological polar surface area (TPSA) is 32.3 Å². The number of hydrogen-bond donors (Lipinski definition) is 1. The van der Waals surface area contributed by atoms with Crippen molar-refractivity contribution < 1.29 is 4.79 Å². The third-order valence-electron chi connectivity index (χ3n) is 2.33. The Hall–Kier alpha value is -0.220. The van der Waals surface area contributed by atoms with Gasteiger partial charge in [0.05, 0.1) is 11.8 Å². The summed E-state index contributed by atoms with van der Waals surface area (Å²) in [7, 11) is 1.90. The van der Waals surface area contributed by atoms with E-state index in [1.165, 1.54) is 0 Å². The summed E-state index contributed by atoms with van der Waals surface area (Å²) >= 11 is 1.71. The van der Waals surface area contributed by atoms with E-state index in [1.807, 2.05) is 11.9 Å². The molecule has 1 rings (SSSR count). The first-order chi connectivity index (χ1) is 6.40. The van der Waals surface area contributed by atoms with Crippen molar-refractivity contribution in [2.75, 3.05) is 25.9 Å². The number of carbonyl (C=O) groups excluding carboxylic acids is 1. The summed E-state index contributed by atoms with van der Waals surface area (Å²) in [4.78, 5) is 13.6. The summed E-state index contributed by atoms with van der Waals surface area (Å²) in [6.07, 6.45) is 0. The van der Waals surface area contributed by atoms with E-state index < -0.39 is 0 Å². The van der Waals surface area contributed by atoms with Crippen LogP contribution in [0.5, 0.6) is 0 Å². The molecule has 82 valence electrons. The highest BCUT2D eigenvalue weighted by Crippen LogP contribution is 2.23. The van der Waals surface area contributed by atoms with E-state index in [9.17, 15) is 4.79 Å². The molecule has 14 heavy (non-hydrogen) atoms. The van der Waals surface area contributed by atoms with Crippen LogP contribution >= 0.6 is 11.8 Å². The van der Waals surface area contributed by atoms with Crippen molar-refractivity contribution in [2.45, 2.75) is 31.6 Å². The minimum absolute atomic E-state index is 0.175. The fraction of sp³-hybridized carbons (Fsp3) is 0.900. The molecule has 1 saturated heterocycles. The molecule has 1 fully saturated rings. The van der Waals surface area contributed by atoms with Gasteiger partial charge in [-0.3, -0.25) is 4.79 Å². The largest absolute Gasteiger partial charge is 0.339 e. The average Bonchev–Trinajstić information content (AvgIpc) is 1.95. The van der Waals surface area contributed by atoms with E-state index >= 15 is 0 Å². The first-order valence-electron chi connectivity index (χ1n) is 5.00. The zero-order valence-electron chi connectivity index (χ0n) is 9.46. The maximum atomic E-state index is 11.7. The van der Waals surface area contributed by atoms with Crippen molar-refractivity contribution in [1.29, 1.82) is 0 Å². The Labute approximate surface area is 90.6 Å². The van der Waals surface area contributed by atoms with Crippen LogP contribution in [-0.2, 0) is 4.79 Å². The van der Waals surface area contributed by atoms with E-state index in [0.29, 0.717) is 11.8 Å². The summed E-state index contributed by atoms with van der Waals surface area (Å²) in [6.45, 7) is 8.30. The lowest BCUT2D eigenvalue weighted by Crippen LogP contribution is -2.57. The highest BCUT2D eigenvalue weighted by atomic mass is 32.2. The summed E-state index contributed by atoms with van der Waals surface area (Å²) in [5, 5.41) is 3.17. The maximum absolute atomic E-state index is 11.7. The highest BCUT2D eigenvalue weighted by Gasteiger charge is 2.25. The van der Waals surface area contributed by atoms with Gasteiger partial charge in [-0.1, -0.05) is 20.8 Å². The van der Waals surface area contributed by atoms with Crippen LogP contribution in [0.25, 0.3) is 0 Å². The van der Waals surface area contributed by atoms with Gasteiger partial charge in [0, 0.05) is 24.9 Å². The first-order valence-corrected chi connectivity index (χ1v) is 5.99. The van der Waals surface area contributed by atoms with Gasteiger partial charge >= 0.3 is 0 Å². The van der Waals surface area contributed by atoms with E-state index in [2.05, 4.69) is 26.1 Å². The summed E-state index contributed by atoms with van der Waals surface area (Å²) < 4.78 is 0.175. The summed E-state index contributed by atoms with van der Waals surface area (Å²) in [5.74, 6) is 0.840. The zero-order valence-corrected chi connectivity index (χ0v) is 10.3. The number of hydrogen-bond acceptors (Lipinski definition) is 3. The van der Waals surface area contributed by atoms with Crippen LogP contribution in [0.3, 0.4) is 0 Å². The van der Waals surface area contributed by atoms with E-state index in [1.54, 1.807) is 11.8 Å². The van der Waals surface area contributed by atoms with Crippen LogP contribution in [0.15, 0.2) is 0 Å². The predicted octanol–water partition coefficient (Wildman–Crippen LogP) is 0.948. The van der Waals surface area contributed by atoms with E-state index in [-0.39, 0.29) is 10.7 Å². The second kappa shape index (κ2) is 4.53. The monoisotopic (exact) mass is 216 g/mol. The van der Waals surface area contributed by atoms with E-state index in [4.69, 9.17) is 0 Å². The van der Waals surface area contributed by atoms with Gasteiger partial charge in [0.2, 0.25) is 5.91 Å². The zero-order chi connectivity index (χ0) is 10.8. The molecule has 0 atom stereocenters. The van der Waals surface area contributed by atoms with Gasteiger partial charge in [0.15, 0.2) is 0 Å². The lowest BCUT2D eigenvalue weighted by atomic mass is 10.1. The van der Waals surface area contributed by atoms with Crippen molar-refractivity contribution >= 4 is 17.7 Å². The van der Waals surface area contributed by atoms with E-state index in [0.717, 1.165) is 13.1 Å². The molecule has 0 aromatic carbocycles. The molecule has 0 aromatic heterocycles. The molecule has 0 radical (unpaired) electrons. The van der Waals surface area contributed by atoms with Crippen molar-refractivity contribution in [3.63, 3.8) is 0 Å². The SMILES string of the molecule is CN(C(=O)CSC(C)(C)C)C1CNC1. The Morgan fingerprint density at radius 3 is 2.43 bits per heavy atom. The molecule has 4 heteroatoms. The molecule has 1 aliphatic heterocycles. The van der Waals surface area contributed by atoms with Gasteiger partial charge < -0.3 is 10.2 Å². The fourth-order valence-electron chi connectivity index (χ4n) is 1.13. The maximum Gasteiger partial charge on any atom is 0.232 e. The minimum Gasteiger partial charge on any atom is -0.339 e. The average molecular weight is 216 g/mol. The van der Waals surface area contributed by atoms with Gasteiger partial charge in [-0.05, 0) is 0 Å². The number of likely N-dealkylation sites (N-methyl/N-ethyl adjacent to an activating group) is 1. The summed E-state index contributed by atoms with van der Waals surface area (Å²) in [5.41, 5.74) is 0. The third kappa shape index (κ3) is 3.50. The molecule has 0 aromatic rings. The smallest absolute Gasteiger partial charge is 0.232 e. The van der Waals surface area contributed by atoms with Crippen molar-refractivity contribution in [3.8, 4) is 0 Å². The van der Waals surface area contributed by atoms with Crippen molar-refractivity contribution in [1.82, 2.24) is 10.2 Å². The lowest BCUT2D eigenvalue weighted by molar-refractivity contribution is -0.129. The second-order valence-electron chi connectivity index (χ2n) is 4.72. The van der Waals surface area contributed by atoms with Crippen molar-refractivity contribution in [3.05, 3.63) is 0 Å². The molecule has 1 N–H and O–H groups in total. The Morgan fingerprint density at radius 2 is 2.07 bits per heavy atom. The van der Waals surface area contributed by atoms with Crippen LogP contribution in [0.1, 0.15) is 20.8 Å². The van der Waals surface area contributed by atoms with Gasteiger partial charge in [-0.15, -0.1) is 11.8 Å². The molecule has 0 unspecified atom stereocenters. The number of rotatable bonds is 3. The Bertz CT molecular complexity index is 209. The van der Waals surface area contributed by atoms with Gasteiger partial charge in [-0.2, -0.15) is 0 Å². The van der Waals surface area contributed by atoms with Crippen LogP contribution < -0.4 is 5.32 Å². The molecule has 1 aliphatic rings. The van der Waals surface area contributed by atoms with Gasteiger partial charge in [0.25, 0.3) is 0 Å². The predicted molar refractivity (Wildman–Crippen MR) is 61.6 cm³/mol. The number of nitrogens with one attached hydrogen (secondary N) is 1. The van der Waals surface area contributed by atoms with Crippen LogP contribution in [0, 0.1) is 0 Å². The number of nitrogens with zero attached hydrogens (tertiary/aromatic N) is 1. The Kier molecular flexibility index (Phi) is 3.84. The molecule has 0 spiro atoms. The minimum atomic E-state index is 0.175. The number of thioether (sulfide) groups is 1. The summed E-state index contributed by atoms with van der Waals surface area (Å²) in [6, 6.07) is 0.420. The standard InChI is InChI=1S/C10H20N2OS/c1-10(2,3)14-7-9(13)12(4)8-5-11-6-8/h8,11H,5-7H2,1-4H3. The first kappa shape index (κ1) is 11.9. The molecule has 1 amide bonds.